The van der Waals surface area contributed by atoms with Crippen LogP contribution in [0.4, 0.5) is 0 Å². The van der Waals surface area contributed by atoms with Gasteiger partial charge in [-0.2, -0.15) is 0 Å². The third kappa shape index (κ3) is 4.64. The molecular weight excluding hydrogens is 344 g/mol. The average Bonchev–Trinajstić information content (AvgIpc) is 2.68. The van der Waals surface area contributed by atoms with E-state index < -0.39 is 0 Å². The molecule has 1 amide bonds. The number of hydrogen-bond donors (Lipinski definition) is 1. The van der Waals surface area contributed by atoms with Crippen LogP contribution in [0.3, 0.4) is 0 Å². The van der Waals surface area contributed by atoms with Gasteiger partial charge < -0.3 is 10.1 Å². The number of aryl methyl sites for hydroxylation is 1. The summed E-state index contributed by atoms with van der Waals surface area (Å²) in [7, 11) is 1.63. The minimum absolute atomic E-state index is 0.136. The quantitative estimate of drug-likeness (QED) is 0.701. The standard InChI is InChI=1S/C21H20N2O2S/c1-15-5-11-18(12-6-15)26-21-19(4-3-13-22-21)20(24)23-14-16-7-9-17(25-2)10-8-16/h3-13H,14H2,1-2H3,(H,23,24). The number of pyridine rings is 1. The van der Waals surface area contributed by atoms with Gasteiger partial charge in [-0.1, -0.05) is 41.6 Å². The lowest BCUT2D eigenvalue weighted by Crippen LogP contribution is -2.23. The lowest BCUT2D eigenvalue weighted by atomic mass is 10.2. The maximum atomic E-state index is 12.6. The molecule has 0 atom stereocenters. The lowest BCUT2D eigenvalue weighted by molar-refractivity contribution is 0.0947. The molecule has 0 radical (unpaired) electrons. The number of methoxy groups -OCH3 is 1. The molecule has 2 aromatic carbocycles. The Balaban J connectivity index is 1.69. The molecule has 1 aromatic heterocycles. The van der Waals surface area contributed by atoms with E-state index in [1.807, 2.05) is 43.3 Å². The smallest absolute Gasteiger partial charge is 0.254 e. The Labute approximate surface area is 157 Å². The summed E-state index contributed by atoms with van der Waals surface area (Å²) in [4.78, 5) is 18.1. The van der Waals surface area contributed by atoms with Crippen LogP contribution in [0.5, 0.6) is 5.75 Å². The Kier molecular flexibility index (Phi) is 5.92. The molecule has 0 aliphatic heterocycles. The predicted octanol–water partition coefficient (Wildman–Crippen LogP) is 4.48. The molecule has 0 aliphatic rings. The van der Waals surface area contributed by atoms with Gasteiger partial charge in [-0.05, 0) is 48.9 Å². The molecule has 3 aromatic rings. The fourth-order valence-electron chi connectivity index (χ4n) is 2.38. The Morgan fingerprint density at radius 1 is 1.08 bits per heavy atom. The number of nitrogens with zero attached hydrogens (tertiary/aromatic N) is 1. The van der Waals surface area contributed by atoms with Crippen molar-refractivity contribution < 1.29 is 9.53 Å². The van der Waals surface area contributed by atoms with Crippen LogP contribution in [-0.4, -0.2) is 18.0 Å². The summed E-state index contributed by atoms with van der Waals surface area (Å²) in [6, 6.07) is 19.4. The van der Waals surface area contributed by atoms with Crippen LogP contribution in [-0.2, 0) is 6.54 Å². The molecule has 0 saturated carbocycles. The molecule has 0 saturated heterocycles. The summed E-state index contributed by atoms with van der Waals surface area (Å²) < 4.78 is 5.15. The molecule has 0 aliphatic carbocycles. The number of carbonyl (C=O) groups is 1. The maximum absolute atomic E-state index is 12.6. The van der Waals surface area contributed by atoms with Crippen molar-refractivity contribution in [3.05, 3.63) is 83.6 Å². The first-order valence-electron chi connectivity index (χ1n) is 8.26. The van der Waals surface area contributed by atoms with E-state index in [9.17, 15) is 4.79 Å². The van der Waals surface area contributed by atoms with Crippen LogP contribution in [0.2, 0.25) is 0 Å². The van der Waals surface area contributed by atoms with Crippen LogP contribution in [0, 0.1) is 6.92 Å². The molecule has 0 unspecified atom stereocenters. The number of hydrogen-bond acceptors (Lipinski definition) is 4. The topological polar surface area (TPSA) is 51.2 Å². The molecule has 0 fully saturated rings. The zero-order valence-electron chi connectivity index (χ0n) is 14.7. The van der Waals surface area contributed by atoms with Crippen molar-refractivity contribution in [2.24, 2.45) is 0 Å². The van der Waals surface area contributed by atoms with Gasteiger partial charge in [0, 0.05) is 17.6 Å². The molecule has 1 N–H and O–H groups in total. The average molecular weight is 364 g/mol. The molecule has 3 rings (SSSR count). The van der Waals surface area contributed by atoms with Gasteiger partial charge in [-0.3, -0.25) is 4.79 Å². The minimum Gasteiger partial charge on any atom is -0.497 e. The SMILES string of the molecule is COc1ccc(CNC(=O)c2cccnc2Sc2ccc(C)cc2)cc1. The molecular formula is C21H20N2O2S. The largest absolute Gasteiger partial charge is 0.497 e. The van der Waals surface area contributed by atoms with E-state index in [-0.39, 0.29) is 5.91 Å². The van der Waals surface area contributed by atoms with Gasteiger partial charge in [0.05, 0.1) is 12.7 Å². The monoisotopic (exact) mass is 364 g/mol. The zero-order chi connectivity index (χ0) is 18.4. The van der Waals surface area contributed by atoms with Crippen LogP contribution in [0.15, 0.2) is 76.8 Å². The van der Waals surface area contributed by atoms with Crippen molar-refractivity contribution in [1.82, 2.24) is 10.3 Å². The Bertz CT molecular complexity index is 877. The first kappa shape index (κ1) is 18.0. The van der Waals surface area contributed by atoms with E-state index in [4.69, 9.17) is 4.74 Å². The van der Waals surface area contributed by atoms with E-state index in [2.05, 4.69) is 22.4 Å². The summed E-state index contributed by atoms with van der Waals surface area (Å²) in [5.41, 5.74) is 2.79. The summed E-state index contributed by atoms with van der Waals surface area (Å²) >= 11 is 1.49. The van der Waals surface area contributed by atoms with E-state index in [0.29, 0.717) is 17.1 Å². The van der Waals surface area contributed by atoms with E-state index in [0.717, 1.165) is 16.2 Å². The number of benzene rings is 2. The maximum Gasteiger partial charge on any atom is 0.254 e. The van der Waals surface area contributed by atoms with Gasteiger partial charge >= 0.3 is 0 Å². The van der Waals surface area contributed by atoms with Crippen molar-refractivity contribution >= 4 is 17.7 Å². The van der Waals surface area contributed by atoms with Crippen LogP contribution >= 0.6 is 11.8 Å². The van der Waals surface area contributed by atoms with Crippen LogP contribution < -0.4 is 10.1 Å². The summed E-state index contributed by atoms with van der Waals surface area (Å²) in [5, 5.41) is 3.65. The Morgan fingerprint density at radius 2 is 1.81 bits per heavy atom. The molecule has 132 valence electrons. The van der Waals surface area contributed by atoms with Gasteiger partial charge in [0.25, 0.3) is 5.91 Å². The van der Waals surface area contributed by atoms with Crippen LogP contribution in [0.25, 0.3) is 0 Å². The predicted molar refractivity (Wildman–Crippen MR) is 104 cm³/mol. The second-order valence-electron chi connectivity index (χ2n) is 5.80. The number of nitrogens with one attached hydrogen (secondary N) is 1. The van der Waals surface area contributed by atoms with E-state index in [1.54, 1.807) is 25.4 Å². The number of amides is 1. The summed E-state index contributed by atoms with van der Waals surface area (Å²) in [6.45, 7) is 2.50. The highest BCUT2D eigenvalue weighted by Gasteiger charge is 2.13. The van der Waals surface area contributed by atoms with Gasteiger partial charge in [-0.15, -0.1) is 0 Å². The Morgan fingerprint density at radius 3 is 2.50 bits per heavy atom. The van der Waals surface area contributed by atoms with Gasteiger partial charge in [0.15, 0.2) is 0 Å². The minimum atomic E-state index is -0.136. The van der Waals surface area contributed by atoms with Crippen molar-refractivity contribution in [2.45, 2.75) is 23.4 Å². The zero-order valence-corrected chi connectivity index (χ0v) is 15.5. The number of ether oxygens (including phenoxy) is 1. The second kappa shape index (κ2) is 8.54. The first-order chi connectivity index (χ1) is 12.7. The second-order valence-corrected chi connectivity index (χ2v) is 6.86. The lowest BCUT2D eigenvalue weighted by Gasteiger charge is -2.10. The number of carbonyl (C=O) groups excluding carboxylic acids is 1. The molecule has 5 heteroatoms. The number of aromatic nitrogens is 1. The van der Waals surface area contributed by atoms with Crippen molar-refractivity contribution in [1.29, 1.82) is 0 Å². The van der Waals surface area contributed by atoms with Gasteiger partial charge in [0.2, 0.25) is 0 Å². The fourth-order valence-corrected chi connectivity index (χ4v) is 3.26. The van der Waals surface area contributed by atoms with E-state index >= 15 is 0 Å². The van der Waals surface area contributed by atoms with Gasteiger partial charge in [0.1, 0.15) is 10.8 Å². The molecule has 0 bridgehead atoms. The molecule has 1 heterocycles. The highest BCUT2D eigenvalue weighted by atomic mass is 32.2. The highest BCUT2D eigenvalue weighted by Crippen LogP contribution is 2.28. The normalized spacial score (nSPS) is 10.4. The fraction of sp³-hybridized carbons (Fsp3) is 0.143. The van der Waals surface area contributed by atoms with Crippen molar-refractivity contribution in [3.8, 4) is 5.75 Å². The van der Waals surface area contributed by atoms with Crippen LogP contribution in [0.1, 0.15) is 21.5 Å². The van der Waals surface area contributed by atoms with Gasteiger partial charge in [-0.25, -0.2) is 4.98 Å². The number of rotatable bonds is 6. The highest BCUT2D eigenvalue weighted by molar-refractivity contribution is 7.99. The summed E-state index contributed by atoms with van der Waals surface area (Å²) in [5.74, 6) is 0.660. The summed E-state index contributed by atoms with van der Waals surface area (Å²) in [6.07, 6.45) is 1.71. The van der Waals surface area contributed by atoms with Crippen molar-refractivity contribution in [2.75, 3.05) is 7.11 Å². The van der Waals surface area contributed by atoms with E-state index in [1.165, 1.54) is 17.3 Å². The molecule has 4 nitrogen and oxygen atoms in total. The Hall–Kier alpha value is -2.79. The third-order valence-corrected chi connectivity index (χ3v) is 4.89. The molecule has 26 heavy (non-hydrogen) atoms. The van der Waals surface area contributed by atoms with Crippen molar-refractivity contribution in [3.63, 3.8) is 0 Å². The molecule has 0 spiro atoms. The first-order valence-corrected chi connectivity index (χ1v) is 9.08. The third-order valence-electron chi connectivity index (χ3n) is 3.86.